The van der Waals surface area contributed by atoms with Gasteiger partial charge in [-0.05, 0) is 57.8 Å². The van der Waals surface area contributed by atoms with Crippen molar-refractivity contribution in [2.45, 2.75) is 33.6 Å². The Morgan fingerprint density at radius 2 is 2.22 bits per heavy atom. The standard InChI is InChI=1S/C15H25N3/c1-4-8-16-10-14-7-9-18(11-14)15-6-5-12(2)17-13(15)3/h5-6,14,16H,4,7-11H2,1-3H3. The molecule has 1 aromatic rings. The van der Waals surface area contributed by atoms with Gasteiger partial charge in [0.05, 0.1) is 11.4 Å². The van der Waals surface area contributed by atoms with Gasteiger partial charge in [0, 0.05) is 18.8 Å². The second-order valence-corrected chi connectivity index (χ2v) is 5.36. The van der Waals surface area contributed by atoms with Crippen LogP contribution in [0.15, 0.2) is 12.1 Å². The molecule has 1 aliphatic rings. The molecule has 100 valence electrons. The zero-order chi connectivity index (χ0) is 13.0. The summed E-state index contributed by atoms with van der Waals surface area (Å²) in [5.74, 6) is 0.789. The second-order valence-electron chi connectivity index (χ2n) is 5.36. The first-order chi connectivity index (χ1) is 8.70. The van der Waals surface area contributed by atoms with E-state index >= 15 is 0 Å². The Kier molecular flexibility index (Phi) is 4.59. The molecule has 1 fully saturated rings. The molecule has 1 N–H and O–H groups in total. The van der Waals surface area contributed by atoms with E-state index in [4.69, 9.17) is 0 Å². The molecule has 1 saturated heterocycles. The topological polar surface area (TPSA) is 28.2 Å². The number of aromatic nitrogens is 1. The first kappa shape index (κ1) is 13.3. The quantitative estimate of drug-likeness (QED) is 0.810. The number of pyridine rings is 1. The fraction of sp³-hybridized carbons (Fsp3) is 0.667. The van der Waals surface area contributed by atoms with Crippen LogP contribution in [0, 0.1) is 19.8 Å². The van der Waals surface area contributed by atoms with Gasteiger partial charge in [0.1, 0.15) is 0 Å². The number of nitrogens with one attached hydrogen (secondary N) is 1. The summed E-state index contributed by atoms with van der Waals surface area (Å²) in [7, 11) is 0. The lowest BCUT2D eigenvalue weighted by Gasteiger charge is -2.20. The Morgan fingerprint density at radius 1 is 1.39 bits per heavy atom. The van der Waals surface area contributed by atoms with Crippen LogP contribution in [0.3, 0.4) is 0 Å². The highest BCUT2D eigenvalue weighted by molar-refractivity contribution is 5.51. The van der Waals surface area contributed by atoms with Crippen molar-refractivity contribution in [3.8, 4) is 0 Å². The lowest BCUT2D eigenvalue weighted by atomic mass is 10.1. The molecule has 3 heteroatoms. The summed E-state index contributed by atoms with van der Waals surface area (Å²) in [6.07, 6.45) is 2.52. The van der Waals surface area contributed by atoms with Crippen molar-refractivity contribution >= 4 is 5.69 Å². The average molecular weight is 247 g/mol. The summed E-state index contributed by atoms with van der Waals surface area (Å²) >= 11 is 0. The van der Waals surface area contributed by atoms with Gasteiger partial charge in [-0.15, -0.1) is 0 Å². The van der Waals surface area contributed by atoms with Crippen LogP contribution >= 0.6 is 0 Å². The number of anilines is 1. The summed E-state index contributed by atoms with van der Waals surface area (Å²) in [6, 6.07) is 4.34. The zero-order valence-electron chi connectivity index (χ0n) is 11.9. The summed E-state index contributed by atoms with van der Waals surface area (Å²) in [5.41, 5.74) is 3.59. The van der Waals surface area contributed by atoms with Gasteiger partial charge in [-0.25, -0.2) is 0 Å². The van der Waals surface area contributed by atoms with Crippen molar-refractivity contribution in [3.63, 3.8) is 0 Å². The van der Waals surface area contributed by atoms with E-state index in [1.165, 1.54) is 31.6 Å². The van der Waals surface area contributed by atoms with E-state index in [2.05, 4.69) is 48.1 Å². The number of hydrogen-bond donors (Lipinski definition) is 1. The molecule has 0 spiro atoms. The zero-order valence-corrected chi connectivity index (χ0v) is 11.9. The van der Waals surface area contributed by atoms with Crippen molar-refractivity contribution in [1.82, 2.24) is 10.3 Å². The number of hydrogen-bond acceptors (Lipinski definition) is 3. The Balaban J connectivity index is 1.91. The number of nitrogens with zero attached hydrogens (tertiary/aromatic N) is 2. The van der Waals surface area contributed by atoms with Crippen molar-refractivity contribution in [2.75, 3.05) is 31.1 Å². The average Bonchev–Trinajstić information content (AvgIpc) is 2.78. The van der Waals surface area contributed by atoms with Crippen LogP contribution in [0.1, 0.15) is 31.2 Å². The Hall–Kier alpha value is -1.09. The molecule has 3 nitrogen and oxygen atoms in total. The highest BCUT2D eigenvalue weighted by atomic mass is 15.2. The van der Waals surface area contributed by atoms with Crippen LogP contribution in [0.2, 0.25) is 0 Å². The van der Waals surface area contributed by atoms with Crippen molar-refractivity contribution < 1.29 is 0 Å². The summed E-state index contributed by atoms with van der Waals surface area (Å²) in [5, 5.41) is 3.53. The lowest BCUT2D eigenvalue weighted by molar-refractivity contribution is 0.516. The van der Waals surface area contributed by atoms with E-state index in [1.807, 2.05) is 0 Å². The molecule has 0 saturated carbocycles. The molecular formula is C15H25N3. The maximum atomic E-state index is 4.56. The minimum atomic E-state index is 0.789. The van der Waals surface area contributed by atoms with Crippen molar-refractivity contribution in [2.24, 2.45) is 5.92 Å². The summed E-state index contributed by atoms with van der Waals surface area (Å²) < 4.78 is 0. The van der Waals surface area contributed by atoms with Crippen molar-refractivity contribution in [1.29, 1.82) is 0 Å². The predicted octanol–water partition coefficient (Wildman–Crippen LogP) is 2.52. The third-order valence-electron chi connectivity index (χ3n) is 3.68. The third kappa shape index (κ3) is 3.22. The Labute approximate surface area is 111 Å². The number of rotatable bonds is 5. The van der Waals surface area contributed by atoms with E-state index in [-0.39, 0.29) is 0 Å². The third-order valence-corrected chi connectivity index (χ3v) is 3.68. The monoisotopic (exact) mass is 247 g/mol. The molecule has 1 aliphatic heterocycles. The van der Waals surface area contributed by atoms with Gasteiger partial charge in [0.25, 0.3) is 0 Å². The van der Waals surface area contributed by atoms with Crippen LogP contribution in [0.4, 0.5) is 5.69 Å². The van der Waals surface area contributed by atoms with Gasteiger partial charge in [0.2, 0.25) is 0 Å². The smallest absolute Gasteiger partial charge is 0.0608 e. The molecular weight excluding hydrogens is 222 g/mol. The molecule has 0 bridgehead atoms. The summed E-state index contributed by atoms with van der Waals surface area (Å²) in [4.78, 5) is 7.05. The molecule has 1 atom stereocenters. The molecule has 0 radical (unpaired) electrons. The molecule has 0 aliphatic carbocycles. The van der Waals surface area contributed by atoms with E-state index < -0.39 is 0 Å². The molecule has 1 unspecified atom stereocenters. The molecule has 0 aromatic carbocycles. The van der Waals surface area contributed by atoms with E-state index in [0.717, 1.165) is 30.4 Å². The van der Waals surface area contributed by atoms with Gasteiger partial charge in [-0.3, -0.25) is 4.98 Å². The largest absolute Gasteiger partial charge is 0.370 e. The lowest BCUT2D eigenvalue weighted by Crippen LogP contribution is -2.27. The maximum Gasteiger partial charge on any atom is 0.0608 e. The second kappa shape index (κ2) is 6.19. The van der Waals surface area contributed by atoms with Gasteiger partial charge < -0.3 is 10.2 Å². The Bertz CT molecular complexity index is 389. The molecule has 2 rings (SSSR count). The molecule has 18 heavy (non-hydrogen) atoms. The fourth-order valence-corrected chi connectivity index (χ4v) is 2.71. The van der Waals surface area contributed by atoms with E-state index in [9.17, 15) is 0 Å². The molecule has 0 amide bonds. The van der Waals surface area contributed by atoms with E-state index in [1.54, 1.807) is 0 Å². The van der Waals surface area contributed by atoms with Crippen LogP contribution in [0.25, 0.3) is 0 Å². The first-order valence-corrected chi connectivity index (χ1v) is 7.10. The van der Waals surface area contributed by atoms with Crippen molar-refractivity contribution in [3.05, 3.63) is 23.5 Å². The van der Waals surface area contributed by atoms with Crippen LogP contribution < -0.4 is 10.2 Å². The van der Waals surface area contributed by atoms with E-state index in [0.29, 0.717) is 0 Å². The highest BCUT2D eigenvalue weighted by Gasteiger charge is 2.23. The van der Waals surface area contributed by atoms with Gasteiger partial charge in [-0.2, -0.15) is 0 Å². The van der Waals surface area contributed by atoms with Crippen LogP contribution in [-0.4, -0.2) is 31.2 Å². The Morgan fingerprint density at radius 3 is 2.94 bits per heavy atom. The minimum Gasteiger partial charge on any atom is -0.370 e. The minimum absolute atomic E-state index is 0.789. The number of aryl methyl sites for hydroxylation is 2. The van der Waals surface area contributed by atoms with Gasteiger partial charge >= 0.3 is 0 Å². The summed E-state index contributed by atoms with van der Waals surface area (Å²) in [6.45, 7) is 11.0. The SMILES string of the molecule is CCCNCC1CCN(c2ccc(C)nc2C)C1. The highest BCUT2D eigenvalue weighted by Crippen LogP contribution is 2.25. The first-order valence-electron chi connectivity index (χ1n) is 7.10. The molecule has 1 aromatic heterocycles. The maximum absolute atomic E-state index is 4.56. The normalized spacial score (nSPS) is 19.5. The van der Waals surface area contributed by atoms with Gasteiger partial charge in [-0.1, -0.05) is 6.92 Å². The van der Waals surface area contributed by atoms with Gasteiger partial charge in [0.15, 0.2) is 0 Å². The predicted molar refractivity (Wildman–Crippen MR) is 77.2 cm³/mol. The van der Waals surface area contributed by atoms with Crippen LogP contribution in [0.5, 0.6) is 0 Å². The fourth-order valence-electron chi connectivity index (χ4n) is 2.71. The molecule has 2 heterocycles. The van der Waals surface area contributed by atoms with Crippen LogP contribution in [-0.2, 0) is 0 Å².